The van der Waals surface area contributed by atoms with Crippen LogP contribution in [0.1, 0.15) is 40.5 Å². The van der Waals surface area contributed by atoms with Crippen LogP contribution >= 0.6 is 0 Å². The van der Waals surface area contributed by atoms with Crippen molar-refractivity contribution in [2.24, 2.45) is 5.92 Å². The average molecular weight is 361 g/mol. The minimum absolute atomic E-state index is 0.0576. The Kier molecular flexibility index (Phi) is 15.8. The van der Waals surface area contributed by atoms with Gasteiger partial charge in [-0.15, -0.1) is 0 Å². The molecule has 0 aliphatic rings. The Balaban J connectivity index is 3.26. The van der Waals surface area contributed by atoms with E-state index in [4.69, 9.17) is 18.9 Å². The molecule has 0 aromatic rings. The van der Waals surface area contributed by atoms with Gasteiger partial charge in [0, 0.05) is 25.3 Å². The van der Waals surface area contributed by atoms with Crippen molar-refractivity contribution in [3.63, 3.8) is 0 Å². The van der Waals surface area contributed by atoms with Crippen molar-refractivity contribution in [2.75, 3.05) is 52.8 Å². The highest BCUT2D eigenvalue weighted by Crippen LogP contribution is 1.98. The number of Topliss-reactive ketones (excluding diaryl/α,β-unsaturated/α-hetero) is 1. The normalized spacial score (nSPS) is 11.3. The minimum Gasteiger partial charge on any atom is -0.379 e. The largest absolute Gasteiger partial charge is 0.379 e. The van der Waals surface area contributed by atoms with Crippen molar-refractivity contribution in [2.45, 2.75) is 46.6 Å². The lowest BCUT2D eigenvalue weighted by atomic mass is 10.1. The van der Waals surface area contributed by atoms with E-state index >= 15 is 0 Å². The first-order valence-corrected chi connectivity index (χ1v) is 9.07. The molecule has 0 unspecified atom stereocenters. The van der Waals surface area contributed by atoms with Crippen LogP contribution in [-0.2, 0) is 28.5 Å². The molecular formula is C18H35NO6. The Labute approximate surface area is 151 Å². The fourth-order valence-electron chi connectivity index (χ4n) is 1.74. The van der Waals surface area contributed by atoms with Crippen LogP contribution in [0, 0.1) is 5.92 Å². The van der Waals surface area contributed by atoms with Gasteiger partial charge in [-0.3, -0.25) is 9.59 Å². The molecule has 0 radical (unpaired) electrons. The van der Waals surface area contributed by atoms with E-state index in [0.717, 1.165) is 0 Å². The summed E-state index contributed by atoms with van der Waals surface area (Å²) in [4.78, 5) is 22.9. The molecule has 0 rings (SSSR count). The number of carbonyl (C=O) groups is 2. The molecule has 148 valence electrons. The molecule has 7 nitrogen and oxygen atoms in total. The summed E-state index contributed by atoms with van der Waals surface area (Å²) in [5, 5.41) is 2.76. The van der Waals surface area contributed by atoms with Crippen LogP contribution in [0.3, 0.4) is 0 Å². The standard InChI is InChI=1S/C18H35NO6/c1-15(2)17(20)5-8-22-11-12-24-10-7-19-18(21)6-9-23-13-14-25-16(3)4/h15-16H,5-14H2,1-4H3,(H,19,21). The van der Waals surface area contributed by atoms with Gasteiger partial charge in [-0.1, -0.05) is 13.8 Å². The Morgan fingerprint density at radius 3 is 1.92 bits per heavy atom. The molecule has 0 aliphatic carbocycles. The third-order valence-electron chi connectivity index (χ3n) is 3.23. The predicted octanol–water partition coefficient (Wildman–Crippen LogP) is 1.58. The van der Waals surface area contributed by atoms with E-state index in [2.05, 4.69) is 5.32 Å². The molecule has 0 saturated heterocycles. The molecule has 0 aromatic carbocycles. The molecule has 0 fully saturated rings. The summed E-state index contributed by atoms with van der Waals surface area (Å²) in [5.74, 6) is 0.208. The molecule has 0 atom stereocenters. The van der Waals surface area contributed by atoms with Crippen molar-refractivity contribution in [3.8, 4) is 0 Å². The van der Waals surface area contributed by atoms with Gasteiger partial charge in [-0.05, 0) is 13.8 Å². The Hall–Kier alpha value is -1.02. The molecular weight excluding hydrogens is 326 g/mol. The predicted molar refractivity (Wildman–Crippen MR) is 95.6 cm³/mol. The molecule has 0 aliphatic heterocycles. The Bertz CT molecular complexity index is 346. The number of hydrogen-bond acceptors (Lipinski definition) is 6. The van der Waals surface area contributed by atoms with Gasteiger partial charge < -0.3 is 24.3 Å². The van der Waals surface area contributed by atoms with Crippen LogP contribution in [0.4, 0.5) is 0 Å². The summed E-state index contributed by atoms with van der Waals surface area (Å²) in [6.45, 7) is 11.3. The number of hydrogen-bond donors (Lipinski definition) is 1. The summed E-state index contributed by atoms with van der Waals surface area (Å²) in [5.41, 5.74) is 0. The van der Waals surface area contributed by atoms with E-state index in [1.807, 2.05) is 27.7 Å². The van der Waals surface area contributed by atoms with Crippen LogP contribution in [0.15, 0.2) is 0 Å². The monoisotopic (exact) mass is 361 g/mol. The Morgan fingerprint density at radius 2 is 1.32 bits per heavy atom. The van der Waals surface area contributed by atoms with Gasteiger partial charge in [-0.25, -0.2) is 0 Å². The lowest BCUT2D eigenvalue weighted by Crippen LogP contribution is -2.28. The number of carbonyl (C=O) groups excluding carboxylic acids is 2. The quantitative estimate of drug-likeness (QED) is 0.396. The molecule has 1 N–H and O–H groups in total. The van der Waals surface area contributed by atoms with Gasteiger partial charge >= 0.3 is 0 Å². The topological polar surface area (TPSA) is 83.1 Å². The Morgan fingerprint density at radius 1 is 0.760 bits per heavy atom. The summed E-state index contributed by atoms with van der Waals surface area (Å²) < 4.78 is 21.3. The summed E-state index contributed by atoms with van der Waals surface area (Å²) >= 11 is 0. The first kappa shape index (κ1) is 24.0. The minimum atomic E-state index is -0.0585. The molecule has 25 heavy (non-hydrogen) atoms. The molecule has 0 spiro atoms. The second-order valence-corrected chi connectivity index (χ2v) is 6.23. The summed E-state index contributed by atoms with van der Waals surface area (Å²) in [6.07, 6.45) is 0.966. The molecule has 1 amide bonds. The van der Waals surface area contributed by atoms with E-state index in [1.165, 1.54) is 0 Å². The number of rotatable bonds is 17. The maximum atomic E-state index is 11.5. The zero-order valence-corrected chi connectivity index (χ0v) is 16.2. The first-order valence-electron chi connectivity index (χ1n) is 9.07. The van der Waals surface area contributed by atoms with Crippen molar-refractivity contribution in [1.29, 1.82) is 0 Å². The SMILES string of the molecule is CC(C)OCCOCCC(=O)NCCOCCOCCC(=O)C(C)C. The molecule has 0 saturated carbocycles. The third kappa shape index (κ3) is 17.6. The van der Waals surface area contributed by atoms with Gasteiger partial charge in [-0.2, -0.15) is 0 Å². The molecule has 0 aromatic heterocycles. The summed E-state index contributed by atoms with van der Waals surface area (Å²) in [7, 11) is 0. The van der Waals surface area contributed by atoms with Gasteiger partial charge in [0.25, 0.3) is 0 Å². The molecule has 0 heterocycles. The van der Waals surface area contributed by atoms with Crippen LogP contribution in [0.2, 0.25) is 0 Å². The molecule has 7 heteroatoms. The smallest absolute Gasteiger partial charge is 0.222 e. The highest BCUT2D eigenvalue weighted by atomic mass is 16.5. The first-order chi connectivity index (χ1) is 11.9. The second-order valence-electron chi connectivity index (χ2n) is 6.23. The third-order valence-corrected chi connectivity index (χ3v) is 3.23. The lowest BCUT2D eigenvalue weighted by molar-refractivity contribution is -0.123. The van der Waals surface area contributed by atoms with Crippen molar-refractivity contribution < 1.29 is 28.5 Å². The number of ether oxygens (including phenoxy) is 4. The van der Waals surface area contributed by atoms with Crippen molar-refractivity contribution in [3.05, 3.63) is 0 Å². The zero-order chi connectivity index (χ0) is 18.9. The number of nitrogens with one attached hydrogen (secondary N) is 1. The van der Waals surface area contributed by atoms with Crippen molar-refractivity contribution in [1.82, 2.24) is 5.32 Å². The summed E-state index contributed by atoms with van der Waals surface area (Å²) in [6, 6.07) is 0. The highest BCUT2D eigenvalue weighted by molar-refractivity contribution is 5.80. The fourth-order valence-corrected chi connectivity index (χ4v) is 1.74. The van der Waals surface area contributed by atoms with E-state index in [1.54, 1.807) is 0 Å². The van der Waals surface area contributed by atoms with Crippen LogP contribution < -0.4 is 5.32 Å². The van der Waals surface area contributed by atoms with Crippen molar-refractivity contribution >= 4 is 11.7 Å². The fraction of sp³-hybridized carbons (Fsp3) is 0.889. The van der Waals surface area contributed by atoms with Gasteiger partial charge in [0.1, 0.15) is 5.78 Å². The maximum absolute atomic E-state index is 11.5. The second kappa shape index (κ2) is 16.4. The van der Waals surface area contributed by atoms with Gasteiger partial charge in [0.15, 0.2) is 0 Å². The van der Waals surface area contributed by atoms with Gasteiger partial charge in [0.2, 0.25) is 5.91 Å². The van der Waals surface area contributed by atoms with E-state index in [9.17, 15) is 9.59 Å². The van der Waals surface area contributed by atoms with E-state index < -0.39 is 0 Å². The number of amides is 1. The average Bonchev–Trinajstić information content (AvgIpc) is 2.55. The lowest BCUT2D eigenvalue weighted by Gasteiger charge is -2.09. The maximum Gasteiger partial charge on any atom is 0.222 e. The van der Waals surface area contributed by atoms with Crippen LogP contribution in [0.5, 0.6) is 0 Å². The highest BCUT2D eigenvalue weighted by Gasteiger charge is 2.06. The van der Waals surface area contributed by atoms with E-state index in [-0.39, 0.29) is 23.7 Å². The zero-order valence-electron chi connectivity index (χ0n) is 16.2. The van der Waals surface area contributed by atoms with Crippen LogP contribution in [0.25, 0.3) is 0 Å². The van der Waals surface area contributed by atoms with Crippen LogP contribution in [-0.4, -0.2) is 70.6 Å². The van der Waals surface area contributed by atoms with Gasteiger partial charge in [0.05, 0.1) is 52.4 Å². The number of ketones is 1. The molecule has 0 bridgehead atoms. The van der Waals surface area contributed by atoms with E-state index in [0.29, 0.717) is 65.6 Å².